The Morgan fingerprint density at radius 1 is 1.22 bits per heavy atom. The van der Waals surface area contributed by atoms with Crippen LogP contribution in [0.5, 0.6) is 0 Å². The van der Waals surface area contributed by atoms with Crippen molar-refractivity contribution in [2.45, 2.75) is 62.1 Å². The number of hydrogen-bond donors (Lipinski definition) is 2. The summed E-state index contributed by atoms with van der Waals surface area (Å²) >= 11 is 2.07. The first kappa shape index (κ1) is 22.1. The van der Waals surface area contributed by atoms with E-state index in [0.717, 1.165) is 29.7 Å². The summed E-state index contributed by atoms with van der Waals surface area (Å²) in [5, 5.41) is 7.71. The van der Waals surface area contributed by atoms with Gasteiger partial charge in [0.05, 0.1) is 4.90 Å². The predicted octanol–water partition coefficient (Wildman–Crippen LogP) is 3.25. The zero-order valence-electron chi connectivity index (χ0n) is 16.7. The lowest BCUT2D eigenvalue weighted by atomic mass is 9.95. The molecule has 0 radical (unpaired) electrons. The van der Waals surface area contributed by atoms with Gasteiger partial charge < -0.3 is 10.6 Å². The normalized spacial score (nSPS) is 21.1. The van der Waals surface area contributed by atoms with Crippen LogP contribution in [0.4, 0.5) is 0 Å². The Balaban J connectivity index is 1.89. The maximum absolute atomic E-state index is 11.5. The second kappa shape index (κ2) is 11.0. The molecule has 1 aromatic rings. The van der Waals surface area contributed by atoms with Crippen LogP contribution in [0.3, 0.4) is 0 Å². The first-order valence-electron chi connectivity index (χ1n) is 9.87. The number of benzene rings is 1. The molecule has 0 bridgehead atoms. The number of sulfone groups is 1. The van der Waals surface area contributed by atoms with E-state index in [1.54, 1.807) is 12.1 Å². The van der Waals surface area contributed by atoms with Crippen molar-refractivity contribution in [3.05, 3.63) is 29.8 Å². The molecule has 1 aliphatic rings. The van der Waals surface area contributed by atoms with Gasteiger partial charge in [-0.2, -0.15) is 11.8 Å². The maximum atomic E-state index is 11.5. The van der Waals surface area contributed by atoms with Gasteiger partial charge in [0.25, 0.3) is 0 Å². The van der Waals surface area contributed by atoms with Crippen LogP contribution in [0.25, 0.3) is 0 Å². The number of guanidine groups is 1. The van der Waals surface area contributed by atoms with E-state index in [0.29, 0.717) is 17.5 Å². The summed E-state index contributed by atoms with van der Waals surface area (Å²) in [4.78, 5) is 5.08. The lowest BCUT2D eigenvalue weighted by Crippen LogP contribution is -2.45. The van der Waals surface area contributed by atoms with Gasteiger partial charge in [-0.25, -0.2) is 8.42 Å². The monoisotopic (exact) mass is 411 g/mol. The zero-order chi connectivity index (χ0) is 19.7. The Labute approximate surface area is 168 Å². The van der Waals surface area contributed by atoms with Gasteiger partial charge in [0, 0.05) is 30.6 Å². The summed E-state index contributed by atoms with van der Waals surface area (Å²) in [7, 11) is -3.14. The van der Waals surface area contributed by atoms with E-state index in [1.807, 2.05) is 12.1 Å². The summed E-state index contributed by atoms with van der Waals surface area (Å²) in [5.41, 5.74) is 1.10. The van der Waals surface area contributed by atoms with Crippen molar-refractivity contribution in [3.8, 4) is 0 Å². The van der Waals surface area contributed by atoms with Gasteiger partial charge in [-0.15, -0.1) is 0 Å². The van der Waals surface area contributed by atoms with Crippen LogP contribution >= 0.6 is 11.8 Å². The van der Waals surface area contributed by atoms with Crippen LogP contribution in [-0.2, 0) is 16.3 Å². The molecule has 2 rings (SSSR count). The highest BCUT2D eigenvalue weighted by atomic mass is 32.2. The van der Waals surface area contributed by atoms with E-state index < -0.39 is 9.84 Å². The largest absolute Gasteiger partial charge is 0.357 e. The van der Waals surface area contributed by atoms with Gasteiger partial charge in [0.15, 0.2) is 15.8 Å². The van der Waals surface area contributed by atoms with Crippen molar-refractivity contribution >= 4 is 27.6 Å². The average molecular weight is 412 g/mol. The van der Waals surface area contributed by atoms with Crippen LogP contribution < -0.4 is 10.6 Å². The lowest BCUT2D eigenvalue weighted by Gasteiger charge is -2.30. The van der Waals surface area contributed by atoms with E-state index in [2.05, 4.69) is 36.2 Å². The molecule has 5 nitrogen and oxygen atoms in total. The van der Waals surface area contributed by atoms with Crippen molar-refractivity contribution in [1.82, 2.24) is 10.6 Å². The molecule has 0 aromatic heterocycles. The van der Waals surface area contributed by atoms with E-state index in [1.165, 1.54) is 37.7 Å². The Kier molecular flexibility index (Phi) is 8.96. The van der Waals surface area contributed by atoms with Crippen LogP contribution in [-0.4, -0.2) is 50.8 Å². The summed E-state index contributed by atoms with van der Waals surface area (Å²) in [5.74, 6) is 2.07. The quantitative estimate of drug-likeness (QED) is 0.508. The highest BCUT2D eigenvalue weighted by molar-refractivity contribution is 7.99. The number of hydrogen-bond acceptors (Lipinski definition) is 4. The molecule has 1 saturated carbocycles. The molecule has 0 heterocycles. The van der Waals surface area contributed by atoms with E-state index in [9.17, 15) is 8.42 Å². The van der Waals surface area contributed by atoms with E-state index in [4.69, 9.17) is 4.99 Å². The van der Waals surface area contributed by atoms with Crippen molar-refractivity contribution in [2.75, 3.05) is 25.1 Å². The molecule has 2 atom stereocenters. The number of aliphatic imine (C=N–C) groups is 1. The smallest absolute Gasteiger partial charge is 0.191 e. The highest BCUT2D eigenvalue weighted by Gasteiger charge is 2.22. The first-order valence-corrected chi connectivity index (χ1v) is 12.8. The number of rotatable bonds is 8. The lowest BCUT2D eigenvalue weighted by molar-refractivity contribution is 0.419. The minimum Gasteiger partial charge on any atom is -0.357 e. The van der Waals surface area contributed by atoms with Gasteiger partial charge in [-0.1, -0.05) is 25.5 Å². The number of thioether (sulfide) groups is 1. The van der Waals surface area contributed by atoms with Crippen LogP contribution in [0.15, 0.2) is 34.2 Å². The van der Waals surface area contributed by atoms with Gasteiger partial charge in [0.2, 0.25) is 0 Å². The minimum absolute atomic E-state index is 0.363. The van der Waals surface area contributed by atoms with Crippen LogP contribution in [0.2, 0.25) is 0 Å². The molecule has 0 amide bonds. The standard InChI is InChI=1S/C20H33N3O2S2/c1-4-21-20(23-17-7-6-8-18(15-17)26-5-2)22-14-13-16-9-11-19(12-10-16)27(3,24)25/h9-12,17-18H,4-8,13-15H2,1-3H3,(H2,21,22,23). The highest BCUT2D eigenvalue weighted by Crippen LogP contribution is 2.28. The van der Waals surface area contributed by atoms with Gasteiger partial charge in [-0.05, 0) is 56.1 Å². The average Bonchev–Trinajstić information content (AvgIpc) is 2.62. The summed E-state index contributed by atoms with van der Waals surface area (Å²) < 4.78 is 23.1. The molecule has 0 saturated heterocycles. The third-order valence-electron chi connectivity index (χ3n) is 4.74. The van der Waals surface area contributed by atoms with Crippen LogP contribution in [0.1, 0.15) is 45.1 Å². The predicted molar refractivity (Wildman–Crippen MR) is 117 cm³/mol. The Morgan fingerprint density at radius 3 is 2.59 bits per heavy atom. The molecule has 152 valence electrons. The Hall–Kier alpha value is -1.21. The molecular weight excluding hydrogens is 378 g/mol. The molecule has 1 fully saturated rings. The van der Waals surface area contributed by atoms with Crippen molar-refractivity contribution < 1.29 is 8.42 Å². The molecule has 2 unspecified atom stereocenters. The summed E-state index contributed by atoms with van der Waals surface area (Å²) in [6.07, 6.45) is 7.04. The van der Waals surface area contributed by atoms with Crippen molar-refractivity contribution in [3.63, 3.8) is 0 Å². The molecule has 1 aromatic carbocycles. The number of nitrogens with one attached hydrogen (secondary N) is 2. The SMILES string of the molecule is CCNC(=NCCc1ccc(S(C)(=O)=O)cc1)NC1CCCC(SCC)C1. The molecule has 1 aliphatic carbocycles. The fourth-order valence-corrected chi connectivity index (χ4v) is 5.18. The van der Waals surface area contributed by atoms with Gasteiger partial charge in [0.1, 0.15) is 0 Å². The first-order chi connectivity index (χ1) is 12.9. The summed E-state index contributed by atoms with van der Waals surface area (Å²) in [6, 6.07) is 7.59. The summed E-state index contributed by atoms with van der Waals surface area (Å²) in [6.45, 7) is 5.83. The second-order valence-corrected chi connectivity index (χ2v) is 10.6. The second-order valence-electron chi connectivity index (χ2n) is 7.01. The van der Waals surface area contributed by atoms with Crippen molar-refractivity contribution in [2.24, 2.45) is 4.99 Å². The van der Waals surface area contributed by atoms with E-state index in [-0.39, 0.29) is 0 Å². The van der Waals surface area contributed by atoms with Gasteiger partial charge in [-0.3, -0.25) is 4.99 Å². The number of nitrogens with zero attached hydrogens (tertiary/aromatic N) is 1. The zero-order valence-corrected chi connectivity index (χ0v) is 18.3. The topological polar surface area (TPSA) is 70.6 Å². The van der Waals surface area contributed by atoms with Crippen LogP contribution in [0, 0.1) is 0 Å². The molecule has 0 spiro atoms. The fraction of sp³-hybridized carbons (Fsp3) is 0.650. The minimum atomic E-state index is -3.14. The molecular formula is C20H33N3O2S2. The fourth-order valence-electron chi connectivity index (χ4n) is 3.38. The Bertz CT molecular complexity index is 700. The molecule has 2 N–H and O–H groups in total. The molecule has 7 heteroatoms. The van der Waals surface area contributed by atoms with Gasteiger partial charge >= 0.3 is 0 Å². The van der Waals surface area contributed by atoms with E-state index >= 15 is 0 Å². The molecule has 27 heavy (non-hydrogen) atoms. The maximum Gasteiger partial charge on any atom is 0.191 e. The molecule has 0 aliphatic heterocycles. The third kappa shape index (κ3) is 7.74. The third-order valence-corrected chi connectivity index (χ3v) is 7.10. The van der Waals surface area contributed by atoms with Crippen molar-refractivity contribution in [1.29, 1.82) is 0 Å². The Morgan fingerprint density at radius 2 is 1.96 bits per heavy atom.